The van der Waals surface area contributed by atoms with Crippen molar-refractivity contribution in [3.63, 3.8) is 0 Å². The topological polar surface area (TPSA) is 110 Å². The molecule has 0 saturated heterocycles. The van der Waals surface area contributed by atoms with E-state index in [4.69, 9.17) is 16.3 Å². The summed E-state index contributed by atoms with van der Waals surface area (Å²) in [5.41, 5.74) is 0.918. The molecule has 0 saturated carbocycles. The van der Waals surface area contributed by atoms with E-state index in [1.54, 1.807) is 19.1 Å². The molecule has 2 aromatic carbocycles. The number of hydrogen-bond acceptors (Lipinski definition) is 6. The molecule has 1 aliphatic rings. The molecule has 1 heterocycles. The van der Waals surface area contributed by atoms with Gasteiger partial charge in [-0.25, -0.2) is 8.42 Å². The fourth-order valence-corrected chi connectivity index (χ4v) is 4.41. The third kappa shape index (κ3) is 5.05. The number of carbonyl (C=O) groups excluding carboxylic acids is 3. The van der Waals surface area contributed by atoms with Gasteiger partial charge in [0.1, 0.15) is 16.8 Å². The van der Waals surface area contributed by atoms with E-state index in [9.17, 15) is 22.8 Å². The number of nitrogens with one attached hydrogen (secondary N) is 1. The van der Waals surface area contributed by atoms with Crippen LogP contribution in [0, 0.1) is 0 Å². The van der Waals surface area contributed by atoms with Crippen molar-refractivity contribution < 1.29 is 27.5 Å². The second-order valence-corrected chi connectivity index (χ2v) is 9.74. The number of halogens is 1. The lowest BCUT2D eigenvalue weighted by Crippen LogP contribution is -2.39. The second-order valence-electron chi connectivity index (χ2n) is 6.98. The van der Waals surface area contributed by atoms with E-state index in [0.717, 1.165) is 0 Å². The van der Waals surface area contributed by atoms with Gasteiger partial charge in [-0.05, 0) is 56.3 Å². The Morgan fingerprint density at radius 1 is 1.19 bits per heavy atom. The van der Waals surface area contributed by atoms with Gasteiger partial charge >= 0.3 is 0 Å². The van der Waals surface area contributed by atoms with Crippen LogP contribution in [0.5, 0.6) is 5.75 Å². The molecule has 0 fully saturated rings. The van der Waals surface area contributed by atoms with Crippen molar-refractivity contribution in [2.75, 3.05) is 29.1 Å². The maximum atomic E-state index is 12.9. The molecule has 1 aliphatic heterocycles. The van der Waals surface area contributed by atoms with Gasteiger partial charge in [-0.3, -0.25) is 14.4 Å². The van der Waals surface area contributed by atoms with Crippen LogP contribution in [0.4, 0.5) is 11.4 Å². The fraction of sp³-hybridized carbons (Fsp3) is 0.286. The normalized spacial score (nSPS) is 14.4. The number of ketones is 1. The molecule has 164 valence electrons. The molecule has 0 aromatic heterocycles. The van der Waals surface area contributed by atoms with Gasteiger partial charge in [-0.2, -0.15) is 0 Å². The van der Waals surface area contributed by atoms with Crippen LogP contribution in [0.3, 0.4) is 0 Å². The Morgan fingerprint density at radius 2 is 1.87 bits per heavy atom. The molecule has 2 amide bonds. The largest absolute Gasteiger partial charge is 0.482 e. The van der Waals surface area contributed by atoms with Crippen LogP contribution in [-0.4, -0.2) is 50.2 Å². The lowest BCUT2D eigenvalue weighted by Gasteiger charge is -2.28. The molecule has 0 radical (unpaired) electrons. The van der Waals surface area contributed by atoms with E-state index >= 15 is 0 Å². The van der Waals surface area contributed by atoms with Crippen LogP contribution in [0.1, 0.15) is 24.2 Å². The Bertz CT molecular complexity index is 1130. The Labute approximate surface area is 185 Å². The Kier molecular flexibility index (Phi) is 6.66. The molecule has 3 rings (SSSR count). The summed E-state index contributed by atoms with van der Waals surface area (Å²) in [4.78, 5) is 38.5. The lowest BCUT2D eigenvalue weighted by atomic mass is 10.1. The van der Waals surface area contributed by atoms with E-state index in [-0.39, 0.29) is 18.1 Å². The summed E-state index contributed by atoms with van der Waals surface area (Å²) < 4.78 is 30.7. The number of fused-ring (bicyclic) bond motifs is 1. The summed E-state index contributed by atoms with van der Waals surface area (Å²) in [5.74, 6) is -2.09. The maximum absolute atomic E-state index is 12.9. The van der Waals surface area contributed by atoms with Crippen molar-refractivity contribution in [2.45, 2.75) is 19.1 Å². The molecule has 8 nitrogen and oxygen atoms in total. The molecule has 0 aliphatic carbocycles. The summed E-state index contributed by atoms with van der Waals surface area (Å²) in [6.07, 6.45) is 0. The molecule has 10 heteroatoms. The molecular weight excluding hydrogens is 444 g/mol. The molecule has 1 atom stereocenters. The SMILES string of the molecule is CCN1C(=O)COc2ccc(C(=O)C(C)S(=O)(=O)CC(=O)Nc3ccc(Cl)cc3)cc21. The first-order valence-corrected chi connectivity index (χ1v) is 11.6. The lowest BCUT2D eigenvalue weighted by molar-refractivity contribution is -0.121. The predicted octanol–water partition coefficient (Wildman–Crippen LogP) is 2.71. The average molecular weight is 465 g/mol. The highest BCUT2D eigenvalue weighted by molar-refractivity contribution is 7.93. The zero-order valence-corrected chi connectivity index (χ0v) is 18.5. The van der Waals surface area contributed by atoms with Gasteiger partial charge in [0.25, 0.3) is 5.91 Å². The van der Waals surface area contributed by atoms with Crippen molar-refractivity contribution in [3.05, 3.63) is 53.1 Å². The maximum Gasteiger partial charge on any atom is 0.265 e. The molecule has 0 spiro atoms. The van der Waals surface area contributed by atoms with Gasteiger partial charge < -0.3 is 15.0 Å². The molecule has 31 heavy (non-hydrogen) atoms. The quantitative estimate of drug-likeness (QED) is 0.631. The van der Waals surface area contributed by atoms with Crippen molar-refractivity contribution in [2.24, 2.45) is 0 Å². The number of rotatable bonds is 7. The van der Waals surface area contributed by atoms with Gasteiger partial charge in [0.2, 0.25) is 5.91 Å². The molecule has 2 aromatic rings. The van der Waals surface area contributed by atoms with E-state index in [1.807, 2.05) is 0 Å². The third-order valence-electron chi connectivity index (χ3n) is 4.87. The number of anilines is 2. The summed E-state index contributed by atoms with van der Waals surface area (Å²) in [6, 6.07) is 10.6. The summed E-state index contributed by atoms with van der Waals surface area (Å²) >= 11 is 5.78. The summed E-state index contributed by atoms with van der Waals surface area (Å²) in [6.45, 7) is 3.31. The van der Waals surface area contributed by atoms with Gasteiger partial charge in [0.15, 0.2) is 22.2 Å². The minimum absolute atomic E-state index is 0.0956. The van der Waals surface area contributed by atoms with Crippen molar-refractivity contribution in [1.29, 1.82) is 0 Å². The zero-order chi connectivity index (χ0) is 22.8. The smallest absolute Gasteiger partial charge is 0.265 e. The molecule has 1 N–H and O–H groups in total. The Hall–Kier alpha value is -2.91. The fourth-order valence-electron chi connectivity index (χ4n) is 3.14. The van der Waals surface area contributed by atoms with Crippen LogP contribution >= 0.6 is 11.6 Å². The van der Waals surface area contributed by atoms with Gasteiger partial charge in [-0.1, -0.05) is 11.6 Å². The highest BCUT2D eigenvalue weighted by Crippen LogP contribution is 2.33. The van der Waals surface area contributed by atoms with Crippen LogP contribution < -0.4 is 15.0 Å². The highest BCUT2D eigenvalue weighted by atomic mass is 35.5. The number of ether oxygens (including phenoxy) is 1. The summed E-state index contributed by atoms with van der Waals surface area (Å²) in [7, 11) is -4.09. The number of amides is 2. The minimum atomic E-state index is -4.09. The first-order chi connectivity index (χ1) is 14.6. The monoisotopic (exact) mass is 464 g/mol. The third-order valence-corrected chi connectivity index (χ3v) is 7.08. The van der Waals surface area contributed by atoms with Crippen molar-refractivity contribution in [1.82, 2.24) is 0 Å². The number of nitrogens with zero attached hydrogens (tertiary/aromatic N) is 1. The number of sulfone groups is 1. The number of Topliss-reactive ketones (excluding diaryl/α,β-unsaturated/α-hetero) is 1. The number of benzene rings is 2. The highest BCUT2D eigenvalue weighted by Gasteiger charge is 2.32. The standard InChI is InChI=1S/C21H21ClN2O6S/c1-3-24-17-10-14(4-9-18(17)30-11-20(24)26)21(27)13(2)31(28,29)12-19(25)23-16-7-5-15(22)6-8-16/h4-10,13H,3,11-12H2,1-2H3,(H,23,25). The first-order valence-electron chi connectivity index (χ1n) is 9.50. The predicted molar refractivity (Wildman–Crippen MR) is 118 cm³/mol. The summed E-state index contributed by atoms with van der Waals surface area (Å²) in [5, 5.41) is 1.50. The molecule has 0 bridgehead atoms. The van der Waals surface area contributed by atoms with Gasteiger partial charge in [0, 0.05) is 22.8 Å². The molecular formula is C21H21ClN2O6S. The number of carbonyl (C=O) groups is 3. The second kappa shape index (κ2) is 9.07. The van der Waals surface area contributed by atoms with Crippen LogP contribution in [-0.2, 0) is 19.4 Å². The average Bonchev–Trinajstić information content (AvgIpc) is 2.73. The number of likely N-dealkylation sites (N-methyl/N-ethyl adjacent to an activating group) is 1. The minimum Gasteiger partial charge on any atom is -0.482 e. The number of hydrogen-bond donors (Lipinski definition) is 1. The van der Waals surface area contributed by atoms with Crippen LogP contribution in [0.15, 0.2) is 42.5 Å². The van der Waals surface area contributed by atoms with Gasteiger partial charge in [-0.15, -0.1) is 0 Å². The zero-order valence-electron chi connectivity index (χ0n) is 16.9. The van der Waals surface area contributed by atoms with Gasteiger partial charge in [0.05, 0.1) is 5.69 Å². The van der Waals surface area contributed by atoms with Crippen molar-refractivity contribution >= 4 is 50.4 Å². The van der Waals surface area contributed by atoms with E-state index in [2.05, 4.69) is 5.32 Å². The van der Waals surface area contributed by atoms with E-state index in [0.29, 0.717) is 28.7 Å². The van der Waals surface area contributed by atoms with E-state index < -0.39 is 32.5 Å². The first kappa shape index (κ1) is 22.8. The van der Waals surface area contributed by atoms with Crippen LogP contribution in [0.25, 0.3) is 0 Å². The Balaban J connectivity index is 1.75. The molecule has 1 unspecified atom stereocenters. The Morgan fingerprint density at radius 3 is 2.52 bits per heavy atom. The van der Waals surface area contributed by atoms with Crippen LogP contribution in [0.2, 0.25) is 5.02 Å². The van der Waals surface area contributed by atoms with Crippen molar-refractivity contribution in [3.8, 4) is 5.75 Å². The van der Waals surface area contributed by atoms with E-state index in [1.165, 1.54) is 42.2 Å².